The largest absolute Gasteiger partial charge is 0.423 e. The third-order valence-electron chi connectivity index (χ3n) is 5.18. The van der Waals surface area contributed by atoms with Gasteiger partial charge < -0.3 is 19.1 Å². The molecule has 0 aliphatic heterocycles. The van der Waals surface area contributed by atoms with Gasteiger partial charge in [-0.3, -0.25) is 0 Å². The Morgan fingerprint density at radius 1 is 0.579 bits per heavy atom. The van der Waals surface area contributed by atoms with Gasteiger partial charge in [0.25, 0.3) is 0 Å². The standard InChI is InChI=1S/C30H26O8/c1-17(2)28(31)35-22-11-7-20(8-12-22)24-16-27(38-34)25(15-26(24)37-30(33)19(5)6)21-9-13-23(14-10-21)36-29(32)18(3)4/h7-16,34H,1,3,5H2,2,4,6H3. The monoisotopic (exact) mass is 514 g/mol. The van der Waals surface area contributed by atoms with Crippen molar-refractivity contribution in [2.75, 3.05) is 0 Å². The lowest BCUT2D eigenvalue weighted by Gasteiger charge is -2.16. The Hall–Kier alpha value is -4.95. The Balaban J connectivity index is 2.05. The summed E-state index contributed by atoms with van der Waals surface area (Å²) in [6.07, 6.45) is 0. The minimum absolute atomic E-state index is 0.0691. The number of carbonyl (C=O) groups excluding carboxylic acids is 3. The maximum Gasteiger partial charge on any atom is 0.338 e. The first-order chi connectivity index (χ1) is 18.0. The first-order valence-corrected chi connectivity index (χ1v) is 11.3. The van der Waals surface area contributed by atoms with Crippen molar-refractivity contribution in [1.29, 1.82) is 0 Å². The minimum Gasteiger partial charge on any atom is -0.423 e. The first kappa shape index (κ1) is 27.6. The lowest BCUT2D eigenvalue weighted by molar-refractivity contribution is -0.137. The third kappa shape index (κ3) is 6.63. The number of esters is 3. The molecule has 3 rings (SSSR count). The first-order valence-electron chi connectivity index (χ1n) is 11.3. The summed E-state index contributed by atoms with van der Waals surface area (Å²) in [4.78, 5) is 40.7. The smallest absolute Gasteiger partial charge is 0.338 e. The number of rotatable bonds is 9. The van der Waals surface area contributed by atoms with Crippen molar-refractivity contribution in [1.82, 2.24) is 0 Å². The molecule has 38 heavy (non-hydrogen) atoms. The van der Waals surface area contributed by atoms with Gasteiger partial charge in [0.05, 0.1) is 0 Å². The summed E-state index contributed by atoms with van der Waals surface area (Å²) in [5, 5.41) is 9.68. The zero-order valence-corrected chi connectivity index (χ0v) is 21.2. The number of hydrogen-bond donors (Lipinski definition) is 1. The average molecular weight is 515 g/mol. The van der Waals surface area contributed by atoms with Crippen LogP contribution in [0.5, 0.6) is 23.0 Å². The molecule has 0 radical (unpaired) electrons. The molecule has 0 aliphatic carbocycles. The van der Waals surface area contributed by atoms with Crippen molar-refractivity contribution in [3.05, 3.63) is 97.1 Å². The zero-order valence-electron chi connectivity index (χ0n) is 21.2. The van der Waals surface area contributed by atoms with Crippen molar-refractivity contribution in [2.45, 2.75) is 20.8 Å². The second-order valence-corrected chi connectivity index (χ2v) is 8.49. The summed E-state index contributed by atoms with van der Waals surface area (Å²) < 4.78 is 16.0. The molecule has 194 valence electrons. The Morgan fingerprint density at radius 3 is 1.29 bits per heavy atom. The minimum atomic E-state index is -0.649. The van der Waals surface area contributed by atoms with E-state index in [-0.39, 0.29) is 28.2 Å². The summed E-state index contributed by atoms with van der Waals surface area (Å²) in [7, 11) is 0. The van der Waals surface area contributed by atoms with Gasteiger partial charge in [-0.2, -0.15) is 0 Å². The molecule has 1 N–H and O–H groups in total. The molecular weight excluding hydrogens is 488 g/mol. The van der Waals surface area contributed by atoms with Crippen LogP contribution in [-0.4, -0.2) is 23.2 Å². The summed E-state index contributed by atoms with van der Waals surface area (Å²) in [5.41, 5.74) is 2.66. The number of hydrogen-bond acceptors (Lipinski definition) is 8. The molecule has 3 aromatic carbocycles. The highest BCUT2D eigenvalue weighted by molar-refractivity contribution is 5.92. The fraction of sp³-hybridized carbons (Fsp3) is 0.100. The molecule has 8 nitrogen and oxygen atoms in total. The quantitative estimate of drug-likeness (QED) is 0.116. The average Bonchev–Trinajstić information content (AvgIpc) is 2.89. The fourth-order valence-corrected chi connectivity index (χ4v) is 3.15. The van der Waals surface area contributed by atoms with Crippen LogP contribution in [0.2, 0.25) is 0 Å². The van der Waals surface area contributed by atoms with Crippen molar-refractivity contribution in [2.24, 2.45) is 0 Å². The molecule has 0 amide bonds. The topological polar surface area (TPSA) is 108 Å². The second kappa shape index (κ2) is 11.9. The Morgan fingerprint density at radius 2 is 0.921 bits per heavy atom. The Bertz CT molecular complexity index is 1430. The molecule has 0 aliphatic rings. The van der Waals surface area contributed by atoms with Crippen LogP contribution >= 0.6 is 0 Å². The highest BCUT2D eigenvalue weighted by atomic mass is 17.1. The molecule has 0 spiro atoms. The molecule has 0 heterocycles. The van der Waals surface area contributed by atoms with Gasteiger partial charge in [-0.15, -0.1) is 0 Å². The Labute approximate surface area is 220 Å². The molecule has 0 aromatic heterocycles. The molecule has 0 saturated heterocycles. The van der Waals surface area contributed by atoms with Gasteiger partial charge in [0.1, 0.15) is 17.2 Å². The fourth-order valence-electron chi connectivity index (χ4n) is 3.15. The van der Waals surface area contributed by atoms with Crippen LogP contribution in [0.3, 0.4) is 0 Å². The van der Waals surface area contributed by atoms with E-state index in [4.69, 9.17) is 14.2 Å². The van der Waals surface area contributed by atoms with Crippen LogP contribution in [0.4, 0.5) is 0 Å². The van der Waals surface area contributed by atoms with Crippen molar-refractivity contribution >= 4 is 17.9 Å². The van der Waals surface area contributed by atoms with Crippen LogP contribution < -0.4 is 19.1 Å². The summed E-state index contributed by atoms with van der Waals surface area (Å²) >= 11 is 0. The zero-order chi connectivity index (χ0) is 28.0. The lowest BCUT2D eigenvalue weighted by atomic mass is 9.97. The molecule has 3 aromatic rings. The predicted octanol–water partition coefficient (Wildman–Crippen LogP) is 6.32. The van der Waals surface area contributed by atoms with Crippen molar-refractivity contribution in [3.8, 4) is 45.3 Å². The van der Waals surface area contributed by atoms with Gasteiger partial charge in [-0.1, -0.05) is 44.0 Å². The molecule has 0 bridgehead atoms. The van der Waals surface area contributed by atoms with E-state index >= 15 is 0 Å². The maximum absolute atomic E-state index is 12.4. The van der Waals surface area contributed by atoms with Crippen LogP contribution in [0, 0.1) is 0 Å². The molecule has 0 saturated carbocycles. The number of carbonyl (C=O) groups is 3. The van der Waals surface area contributed by atoms with E-state index in [0.717, 1.165) is 0 Å². The van der Waals surface area contributed by atoms with E-state index in [0.29, 0.717) is 33.8 Å². The maximum atomic E-state index is 12.4. The normalized spacial score (nSPS) is 10.2. The van der Waals surface area contributed by atoms with E-state index in [1.807, 2.05) is 0 Å². The predicted molar refractivity (Wildman–Crippen MR) is 142 cm³/mol. The highest BCUT2D eigenvalue weighted by Crippen LogP contribution is 2.42. The van der Waals surface area contributed by atoms with Gasteiger partial charge in [0, 0.05) is 27.8 Å². The van der Waals surface area contributed by atoms with Crippen LogP contribution in [0.1, 0.15) is 20.8 Å². The van der Waals surface area contributed by atoms with Crippen molar-refractivity contribution in [3.63, 3.8) is 0 Å². The molecular formula is C30H26O8. The highest BCUT2D eigenvalue weighted by Gasteiger charge is 2.19. The molecule has 0 unspecified atom stereocenters. The summed E-state index contributed by atoms with van der Waals surface area (Å²) in [6.45, 7) is 15.3. The third-order valence-corrected chi connectivity index (χ3v) is 5.18. The van der Waals surface area contributed by atoms with Gasteiger partial charge in [-0.25, -0.2) is 19.6 Å². The van der Waals surface area contributed by atoms with Gasteiger partial charge >= 0.3 is 17.9 Å². The SMILES string of the molecule is C=C(C)C(=O)Oc1ccc(-c2cc(OC(=O)C(=C)C)c(-c3ccc(OC(=O)C(=C)C)cc3)cc2OO)cc1. The van der Waals surface area contributed by atoms with Gasteiger partial charge in [0.15, 0.2) is 5.75 Å². The van der Waals surface area contributed by atoms with Gasteiger partial charge in [-0.05, 0) is 68.3 Å². The molecule has 0 atom stereocenters. The summed E-state index contributed by atoms with van der Waals surface area (Å²) in [5.74, 6) is -0.941. The van der Waals surface area contributed by atoms with E-state index in [1.54, 1.807) is 62.4 Å². The Kier molecular flexibility index (Phi) is 8.62. The molecule has 0 fully saturated rings. The van der Waals surface area contributed by atoms with E-state index in [9.17, 15) is 19.6 Å². The van der Waals surface area contributed by atoms with Gasteiger partial charge in [0.2, 0.25) is 0 Å². The van der Waals surface area contributed by atoms with E-state index < -0.39 is 17.9 Å². The van der Waals surface area contributed by atoms with Crippen molar-refractivity contribution < 1.29 is 38.7 Å². The second-order valence-electron chi connectivity index (χ2n) is 8.49. The molecule has 8 heteroatoms. The van der Waals surface area contributed by atoms with Crippen LogP contribution in [-0.2, 0) is 14.4 Å². The van der Waals surface area contributed by atoms with E-state index in [2.05, 4.69) is 24.6 Å². The van der Waals surface area contributed by atoms with E-state index in [1.165, 1.54) is 19.1 Å². The number of benzene rings is 3. The lowest BCUT2D eigenvalue weighted by Crippen LogP contribution is -2.09. The summed E-state index contributed by atoms with van der Waals surface area (Å²) in [6, 6.07) is 15.9. The van der Waals surface area contributed by atoms with Crippen LogP contribution in [0.15, 0.2) is 97.1 Å². The number of ether oxygens (including phenoxy) is 3. The van der Waals surface area contributed by atoms with Crippen LogP contribution in [0.25, 0.3) is 22.3 Å².